The van der Waals surface area contributed by atoms with Crippen molar-refractivity contribution in [2.75, 3.05) is 46.9 Å². The van der Waals surface area contributed by atoms with Crippen LogP contribution in [0.3, 0.4) is 0 Å². The van der Waals surface area contributed by atoms with Gasteiger partial charge >= 0.3 is 0 Å². The lowest BCUT2D eigenvalue weighted by Gasteiger charge is -2.21. The Balaban J connectivity index is 1.73. The molecule has 1 saturated heterocycles. The number of fused-ring (bicyclic) bond motifs is 1. The number of amides is 1. The van der Waals surface area contributed by atoms with Crippen molar-refractivity contribution >= 4 is 5.91 Å². The Kier molecular flexibility index (Phi) is 4.87. The summed E-state index contributed by atoms with van der Waals surface area (Å²) in [7, 11) is 4.06. The third-order valence-electron chi connectivity index (χ3n) is 4.85. The van der Waals surface area contributed by atoms with Gasteiger partial charge in [-0.1, -0.05) is 0 Å². The Morgan fingerprint density at radius 3 is 2.87 bits per heavy atom. The molecule has 126 valence electrons. The number of carbonyl (C=O) groups excluding carboxylic acids is 1. The van der Waals surface area contributed by atoms with Gasteiger partial charge in [-0.3, -0.25) is 4.79 Å². The van der Waals surface area contributed by atoms with E-state index in [1.807, 2.05) is 37.2 Å². The summed E-state index contributed by atoms with van der Waals surface area (Å²) >= 11 is 0. The van der Waals surface area contributed by atoms with Crippen molar-refractivity contribution in [1.29, 1.82) is 0 Å². The van der Waals surface area contributed by atoms with E-state index in [1.54, 1.807) is 0 Å². The van der Waals surface area contributed by atoms with Gasteiger partial charge in [0.2, 0.25) is 0 Å². The van der Waals surface area contributed by atoms with Crippen LogP contribution >= 0.6 is 0 Å². The average Bonchev–Trinajstić information content (AvgIpc) is 2.95. The Labute approximate surface area is 137 Å². The molecule has 0 saturated carbocycles. The van der Waals surface area contributed by atoms with Gasteiger partial charge in [-0.2, -0.15) is 0 Å². The minimum atomic E-state index is 0.0677. The number of benzene rings is 1. The lowest BCUT2D eigenvalue weighted by Crippen LogP contribution is -2.31. The van der Waals surface area contributed by atoms with Crippen LogP contribution in [0.1, 0.15) is 22.3 Å². The van der Waals surface area contributed by atoms with Crippen molar-refractivity contribution in [3.05, 3.63) is 29.3 Å². The molecule has 5 heteroatoms. The van der Waals surface area contributed by atoms with E-state index in [9.17, 15) is 9.90 Å². The lowest BCUT2D eigenvalue weighted by molar-refractivity contribution is 0.0779. The van der Waals surface area contributed by atoms with Crippen LogP contribution in [0.2, 0.25) is 0 Å². The summed E-state index contributed by atoms with van der Waals surface area (Å²) in [4.78, 5) is 16.8. The van der Waals surface area contributed by atoms with Crippen LogP contribution in [0.4, 0.5) is 0 Å². The highest BCUT2D eigenvalue weighted by Gasteiger charge is 2.35. The smallest absolute Gasteiger partial charge is 0.253 e. The molecule has 1 aromatic rings. The van der Waals surface area contributed by atoms with Gasteiger partial charge in [-0.15, -0.1) is 0 Å². The second kappa shape index (κ2) is 6.89. The lowest BCUT2D eigenvalue weighted by atomic mass is 9.97. The molecule has 0 aromatic heterocycles. The fraction of sp³-hybridized carbons (Fsp3) is 0.611. The maximum atomic E-state index is 12.8. The molecule has 1 aromatic carbocycles. The number of rotatable bonds is 4. The van der Waals surface area contributed by atoms with E-state index in [1.165, 1.54) is 0 Å². The molecule has 2 atom stereocenters. The molecule has 0 spiro atoms. The molecule has 5 nitrogen and oxygen atoms in total. The first kappa shape index (κ1) is 16.3. The zero-order chi connectivity index (χ0) is 16.4. The van der Waals surface area contributed by atoms with Crippen LogP contribution in [-0.2, 0) is 6.42 Å². The average molecular weight is 318 g/mol. The first-order valence-corrected chi connectivity index (χ1v) is 8.39. The molecule has 2 unspecified atom stereocenters. The zero-order valence-electron chi connectivity index (χ0n) is 14.0. The monoisotopic (exact) mass is 318 g/mol. The van der Waals surface area contributed by atoms with Crippen molar-refractivity contribution in [3.8, 4) is 5.75 Å². The summed E-state index contributed by atoms with van der Waals surface area (Å²) < 4.78 is 5.62. The van der Waals surface area contributed by atoms with Crippen LogP contribution in [0.15, 0.2) is 18.2 Å². The van der Waals surface area contributed by atoms with Crippen molar-refractivity contribution in [2.24, 2.45) is 11.8 Å². The van der Waals surface area contributed by atoms with Gasteiger partial charge in [-0.05, 0) is 56.6 Å². The number of hydrogen-bond acceptors (Lipinski definition) is 4. The quantitative estimate of drug-likeness (QED) is 0.908. The van der Waals surface area contributed by atoms with Crippen LogP contribution in [-0.4, -0.2) is 67.8 Å². The first-order valence-electron chi connectivity index (χ1n) is 8.39. The van der Waals surface area contributed by atoms with Crippen molar-refractivity contribution < 1.29 is 14.6 Å². The highest BCUT2D eigenvalue weighted by atomic mass is 16.5. The molecule has 1 amide bonds. The normalized spacial score (nSPS) is 23.7. The molecule has 23 heavy (non-hydrogen) atoms. The van der Waals surface area contributed by atoms with Gasteiger partial charge < -0.3 is 19.6 Å². The Bertz CT molecular complexity index is 573. The largest absolute Gasteiger partial charge is 0.493 e. The van der Waals surface area contributed by atoms with Crippen molar-refractivity contribution in [1.82, 2.24) is 9.80 Å². The standard InChI is InChI=1S/C18H26N2O3/c1-19(2)9-15-10-20(11-16(15)12-21)18(22)14-5-6-17-13(8-14)4-3-7-23-17/h5-6,8,15-16,21H,3-4,7,9-12H2,1-2H3. The highest BCUT2D eigenvalue weighted by Crippen LogP contribution is 2.28. The molecule has 1 fully saturated rings. The van der Waals surface area contributed by atoms with E-state index >= 15 is 0 Å². The third kappa shape index (κ3) is 3.51. The summed E-state index contributed by atoms with van der Waals surface area (Å²) in [6, 6.07) is 5.75. The number of likely N-dealkylation sites (tertiary alicyclic amines) is 1. The summed E-state index contributed by atoms with van der Waals surface area (Å²) in [5, 5.41) is 9.60. The van der Waals surface area contributed by atoms with Crippen molar-refractivity contribution in [3.63, 3.8) is 0 Å². The Morgan fingerprint density at radius 1 is 1.35 bits per heavy atom. The summed E-state index contributed by atoms with van der Waals surface area (Å²) in [6.07, 6.45) is 1.98. The second-order valence-electron chi connectivity index (χ2n) is 6.95. The molecule has 1 N–H and O–H groups in total. The molecule has 2 heterocycles. The summed E-state index contributed by atoms with van der Waals surface area (Å²) in [6.45, 7) is 3.15. The number of hydrogen-bond donors (Lipinski definition) is 1. The Hall–Kier alpha value is -1.59. The number of aliphatic hydroxyl groups excluding tert-OH is 1. The van der Waals surface area contributed by atoms with Gasteiger partial charge in [0.05, 0.1) is 6.61 Å². The zero-order valence-corrected chi connectivity index (χ0v) is 14.0. The topological polar surface area (TPSA) is 53.0 Å². The minimum Gasteiger partial charge on any atom is -0.493 e. The first-order chi connectivity index (χ1) is 11.1. The summed E-state index contributed by atoms with van der Waals surface area (Å²) in [5.74, 6) is 1.48. The molecule has 3 rings (SSSR count). The predicted molar refractivity (Wildman–Crippen MR) is 88.8 cm³/mol. The fourth-order valence-corrected chi connectivity index (χ4v) is 3.66. The molecule has 0 aliphatic carbocycles. The highest BCUT2D eigenvalue weighted by molar-refractivity contribution is 5.94. The van der Waals surface area contributed by atoms with Crippen LogP contribution in [0.5, 0.6) is 5.75 Å². The van der Waals surface area contributed by atoms with Crippen LogP contribution < -0.4 is 4.74 Å². The van der Waals surface area contributed by atoms with E-state index in [0.29, 0.717) is 12.5 Å². The maximum absolute atomic E-state index is 12.8. The fourth-order valence-electron chi connectivity index (χ4n) is 3.66. The van der Waals surface area contributed by atoms with E-state index in [4.69, 9.17) is 4.74 Å². The molecular formula is C18H26N2O3. The van der Waals surface area contributed by atoms with Gasteiger partial charge in [-0.25, -0.2) is 0 Å². The number of aryl methyl sites for hydroxylation is 1. The minimum absolute atomic E-state index is 0.0677. The molecular weight excluding hydrogens is 292 g/mol. The molecule has 0 radical (unpaired) electrons. The van der Waals surface area contributed by atoms with Crippen LogP contribution in [0, 0.1) is 11.8 Å². The Morgan fingerprint density at radius 2 is 2.13 bits per heavy atom. The number of carbonyl (C=O) groups is 1. The van der Waals surface area contributed by atoms with E-state index in [2.05, 4.69) is 4.90 Å². The van der Waals surface area contributed by atoms with Crippen molar-refractivity contribution in [2.45, 2.75) is 12.8 Å². The predicted octanol–water partition coefficient (Wildman–Crippen LogP) is 1.25. The van der Waals surface area contributed by atoms with Crippen LogP contribution in [0.25, 0.3) is 0 Å². The molecule has 2 aliphatic rings. The SMILES string of the molecule is CN(C)CC1CN(C(=O)c2ccc3c(c2)CCCO3)CC1CO. The molecule has 2 aliphatic heterocycles. The summed E-state index contributed by atoms with van der Waals surface area (Å²) in [5.41, 5.74) is 1.86. The van der Waals surface area contributed by atoms with Gasteiger partial charge in [0.1, 0.15) is 5.75 Å². The van der Waals surface area contributed by atoms with Gasteiger partial charge in [0.25, 0.3) is 5.91 Å². The third-order valence-corrected chi connectivity index (χ3v) is 4.85. The van der Waals surface area contributed by atoms with E-state index < -0.39 is 0 Å². The second-order valence-corrected chi connectivity index (χ2v) is 6.95. The van der Waals surface area contributed by atoms with E-state index in [-0.39, 0.29) is 18.4 Å². The van der Waals surface area contributed by atoms with Gasteiger partial charge in [0, 0.05) is 37.7 Å². The van der Waals surface area contributed by atoms with E-state index in [0.717, 1.165) is 49.4 Å². The molecule has 0 bridgehead atoms. The number of ether oxygens (including phenoxy) is 1. The maximum Gasteiger partial charge on any atom is 0.253 e. The van der Waals surface area contributed by atoms with Gasteiger partial charge in [0.15, 0.2) is 0 Å². The number of aliphatic hydroxyl groups is 1. The number of nitrogens with zero attached hydrogens (tertiary/aromatic N) is 2.